The summed E-state index contributed by atoms with van der Waals surface area (Å²) in [7, 11) is 0. The highest BCUT2D eigenvalue weighted by Gasteiger charge is 2.20. The third kappa shape index (κ3) is 3.37. The van der Waals surface area contributed by atoms with E-state index in [1.54, 1.807) is 19.9 Å². The van der Waals surface area contributed by atoms with Crippen LogP contribution in [-0.4, -0.2) is 26.5 Å². The van der Waals surface area contributed by atoms with Gasteiger partial charge in [0.25, 0.3) is 11.1 Å². The second-order valence-electron chi connectivity index (χ2n) is 4.43. The average molecular weight is 336 g/mol. The van der Waals surface area contributed by atoms with Crippen LogP contribution in [0.3, 0.4) is 0 Å². The number of aryl methyl sites for hydroxylation is 1. The maximum absolute atomic E-state index is 12.1. The van der Waals surface area contributed by atoms with Crippen molar-refractivity contribution in [3.8, 4) is 10.8 Å². The normalized spacial score (nSPS) is 12.3. The van der Waals surface area contributed by atoms with E-state index in [9.17, 15) is 4.79 Å². The molecule has 0 aliphatic carbocycles. The van der Waals surface area contributed by atoms with Gasteiger partial charge >= 0.3 is 0 Å². The number of carbonyl (C=O) groups is 1. The number of thioether (sulfide) groups is 1. The maximum atomic E-state index is 12.1. The number of thiophene rings is 1. The Morgan fingerprint density at radius 3 is 3.00 bits per heavy atom. The van der Waals surface area contributed by atoms with Crippen LogP contribution >= 0.6 is 23.1 Å². The van der Waals surface area contributed by atoms with Gasteiger partial charge in [-0.05, 0) is 25.3 Å². The van der Waals surface area contributed by atoms with Crippen LogP contribution < -0.4 is 5.32 Å². The van der Waals surface area contributed by atoms with Gasteiger partial charge in [-0.1, -0.05) is 23.0 Å². The molecule has 0 spiro atoms. The zero-order valence-corrected chi connectivity index (χ0v) is 13.4. The van der Waals surface area contributed by atoms with Gasteiger partial charge in [-0.2, -0.15) is 0 Å². The van der Waals surface area contributed by atoms with Crippen molar-refractivity contribution >= 4 is 34.9 Å². The van der Waals surface area contributed by atoms with E-state index in [0.717, 1.165) is 4.88 Å². The number of rotatable bonds is 5. The quantitative estimate of drug-likeness (QED) is 0.715. The number of nitrogens with one attached hydrogen (secondary N) is 1. The molecule has 1 amide bonds. The number of hydrogen-bond acceptors (Lipinski definition) is 8. The highest BCUT2D eigenvalue weighted by atomic mass is 32.2. The summed E-state index contributed by atoms with van der Waals surface area (Å²) in [5.74, 6) is 0.549. The van der Waals surface area contributed by atoms with Crippen molar-refractivity contribution in [3.63, 3.8) is 0 Å². The van der Waals surface area contributed by atoms with E-state index in [1.807, 2.05) is 17.5 Å². The van der Waals surface area contributed by atoms with Crippen LogP contribution in [-0.2, 0) is 4.79 Å². The molecule has 0 radical (unpaired) electrons. The van der Waals surface area contributed by atoms with Gasteiger partial charge in [0.2, 0.25) is 11.8 Å². The summed E-state index contributed by atoms with van der Waals surface area (Å²) < 4.78 is 10.5. The molecule has 0 aliphatic rings. The molecule has 3 aromatic rings. The highest BCUT2D eigenvalue weighted by molar-refractivity contribution is 8.00. The highest BCUT2D eigenvalue weighted by Crippen LogP contribution is 2.28. The monoisotopic (exact) mass is 336 g/mol. The smallest absolute Gasteiger partial charge is 0.277 e. The Bertz CT molecular complexity index is 766. The summed E-state index contributed by atoms with van der Waals surface area (Å²) in [4.78, 5) is 13.0. The molecule has 0 bridgehead atoms. The summed E-state index contributed by atoms with van der Waals surface area (Å²) in [5.41, 5.74) is 0.702. The standard InChI is InChI=1S/C13H12N4O3S2/c1-7-6-10(20-17-7)14-11(18)8(2)22-13-16-15-12(19-13)9-4-3-5-21-9/h3-6,8H,1-2H3,(H,14,18). The van der Waals surface area contributed by atoms with Crippen LogP contribution in [0.4, 0.5) is 5.88 Å². The molecule has 1 N–H and O–H groups in total. The van der Waals surface area contributed by atoms with Gasteiger partial charge in [0.15, 0.2) is 0 Å². The molecular weight excluding hydrogens is 324 g/mol. The van der Waals surface area contributed by atoms with Crippen molar-refractivity contribution in [2.45, 2.75) is 24.3 Å². The summed E-state index contributed by atoms with van der Waals surface area (Å²) in [6.07, 6.45) is 0. The van der Waals surface area contributed by atoms with Crippen LogP contribution in [0.2, 0.25) is 0 Å². The largest absolute Gasteiger partial charge is 0.410 e. The van der Waals surface area contributed by atoms with Crippen LogP contribution in [0.5, 0.6) is 0 Å². The number of amides is 1. The Morgan fingerprint density at radius 1 is 1.45 bits per heavy atom. The predicted molar refractivity (Wildman–Crippen MR) is 82.8 cm³/mol. The Kier molecular flexibility index (Phi) is 4.25. The lowest BCUT2D eigenvalue weighted by Crippen LogP contribution is -2.22. The number of nitrogens with zero attached hydrogens (tertiary/aromatic N) is 3. The molecule has 22 heavy (non-hydrogen) atoms. The fourth-order valence-electron chi connectivity index (χ4n) is 1.61. The molecule has 1 unspecified atom stereocenters. The Labute approximate surface area is 134 Å². The van der Waals surface area contributed by atoms with Crippen LogP contribution in [0.1, 0.15) is 12.6 Å². The number of hydrogen-bond donors (Lipinski definition) is 1. The second kappa shape index (κ2) is 6.32. The van der Waals surface area contributed by atoms with E-state index >= 15 is 0 Å². The van der Waals surface area contributed by atoms with Gasteiger partial charge in [0, 0.05) is 6.07 Å². The molecular formula is C13H12N4O3S2. The third-order valence-electron chi connectivity index (χ3n) is 2.66. The van der Waals surface area contributed by atoms with Crippen LogP contribution in [0, 0.1) is 6.92 Å². The SMILES string of the molecule is Cc1cc(NC(=O)C(C)Sc2nnc(-c3cccs3)o2)on1. The zero-order valence-electron chi connectivity index (χ0n) is 11.8. The van der Waals surface area contributed by atoms with Crippen molar-refractivity contribution in [1.82, 2.24) is 15.4 Å². The second-order valence-corrected chi connectivity index (χ2v) is 6.67. The lowest BCUT2D eigenvalue weighted by atomic mass is 10.4. The van der Waals surface area contributed by atoms with E-state index in [2.05, 4.69) is 20.7 Å². The van der Waals surface area contributed by atoms with Crippen molar-refractivity contribution in [3.05, 3.63) is 29.3 Å². The summed E-state index contributed by atoms with van der Waals surface area (Å²) in [5, 5.41) is 16.1. The molecule has 7 nitrogen and oxygen atoms in total. The Hall–Kier alpha value is -2.13. The summed E-state index contributed by atoms with van der Waals surface area (Å²) in [6.45, 7) is 3.53. The minimum atomic E-state index is -0.415. The molecule has 3 heterocycles. The van der Waals surface area contributed by atoms with Gasteiger partial charge in [0.05, 0.1) is 15.8 Å². The molecule has 114 valence electrons. The first kappa shape index (κ1) is 14.8. The predicted octanol–water partition coefficient (Wildman–Crippen LogP) is 3.21. The van der Waals surface area contributed by atoms with Crippen molar-refractivity contribution < 1.29 is 13.7 Å². The van der Waals surface area contributed by atoms with E-state index < -0.39 is 5.25 Å². The molecule has 0 saturated carbocycles. The van der Waals surface area contributed by atoms with Crippen LogP contribution in [0.25, 0.3) is 10.8 Å². The summed E-state index contributed by atoms with van der Waals surface area (Å²) >= 11 is 2.70. The molecule has 9 heteroatoms. The van der Waals surface area contributed by atoms with Crippen molar-refractivity contribution in [1.29, 1.82) is 0 Å². The molecule has 1 atom stereocenters. The number of anilines is 1. The van der Waals surface area contributed by atoms with Crippen molar-refractivity contribution in [2.24, 2.45) is 0 Å². The topological polar surface area (TPSA) is 94.1 Å². The van der Waals surface area contributed by atoms with E-state index in [1.165, 1.54) is 23.1 Å². The maximum Gasteiger partial charge on any atom is 0.277 e. The molecule has 0 aromatic carbocycles. The first-order valence-corrected chi connectivity index (χ1v) is 8.16. The molecule has 3 rings (SSSR count). The van der Waals surface area contributed by atoms with Crippen molar-refractivity contribution in [2.75, 3.05) is 5.32 Å². The van der Waals surface area contributed by atoms with E-state index in [-0.39, 0.29) is 5.91 Å². The number of carbonyl (C=O) groups excluding carboxylic acids is 1. The average Bonchev–Trinajstić information content (AvgIpc) is 3.20. The zero-order chi connectivity index (χ0) is 15.5. The van der Waals surface area contributed by atoms with Gasteiger partial charge in [0.1, 0.15) is 0 Å². The first-order valence-electron chi connectivity index (χ1n) is 6.40. The molecule has 0 fully saturated rings. The van der Waals surface area contributed by atoms with Gasteiger partial charge in [-0.3, -0.25) is 10.1 Å². The van der Waals surface area contributed by atoms with E-state index in [4.69, 9.17) is 8.94 Å². The molecule has 0 aliphatic heterocycles. The van der Waals surface area contributed by atoms with Gasteiger partial charge in [-0.25, -0.2) is 0 Å². The van der Waals surface area contributed by atoms with E-state index in [0.29, 0.717) is 22.7 Å². The minimum Gasteiger partial charge on any atom is -0.410 e. The molecule has 3 aromatic heterocycles. The molecule has 0 saturated heterocycles. The fraction of sp³-hybridized carbons (Fsp3) is 0.231. The van der Waals surface area contributed by atoms with Gasteiger partial charge in [-0.15, -0.1) is 21.5 Å². The third-order valence-corrected chi connectivity index (χ3v) is 4.45. The van der Waals surface area contributed by atoms with Crippen LogP contribution in [0.15, 0.2) is 37.7 Å². The lowest BCUT2D eigenvalue weighted by Gasteiger charge is -2.06. The fourth-order valence-corrected chi connectivity index (χ4v) is 2.94. The van der Waals surface area contributed by atoms with Gasteiger partial charge < -0.3 is 8.94 Å². The minimum absolute atomic E-state index is 0.225. The summed E-state index contributed by atoms with van der Waals surface area (Å²) in [6, 6.07) is 5.46. The first-order chi connectivity index (χ1) is 10.6. The number of aromatic nitrogens is 3. The lowest BCUT2D eigenvalue weighted by molar-refractivity contribution is -0.115. The Morgan fingerprint density at radius 2 is 2.32 bits per heavy atom. The Balaban J connectivity index is 1.61.